The van der Waals surface area contributed by atoms with E-state index in [-0.39, 0.29) is 12.2 Å². The zero-order valence-electron chi connectivity index (χ0n) is 37.8. The van der Waals surface area contributed by atoms with Crippen molar-refractivity contribution in [2.45, 2.75) is 148 Å². The molecular formula is C50H62N8O. The van der Waals surface area contributed by atoms with Crippen LogP contribution in [0.1, 0.15) is 107 Å². The third-order valence-electron chi connectivity index (χ3n) is 12.9. The lowest BCUT2D eigenvalue weighted by molar-refractivity contribution is -0.0270. The third kappa shape index (κ3) is 6.85. The summed E-state index contributed by atoms with van der Waals surface area (Å²) in [6.45, 7) is 32.2. The Morgan fingerprint density at radius 3 is 1.17 bits per heavy atom. The van der Waals surface area contributed by atoms with Crippen LogP contribution in [0.4, 0.5) is 0 Å². The van der Waals surface area contributed by atoms with Crippen LogP contribution in [0.3, 0.4) is 0 Å². The fraction of sp³-hybridized carbons (Fsp3) is 0.440. The maximum Gasteiger partial charge on any atom is 0.165 e. The highest BCUT2D eigenvalue weighted by Gasteiger charge is 2.25. The van der Waals surface area contributed by atoms with E-state index in [9.17, 15) is 0 Å². The van der Waals surface area contributed by atoms with E-state index in [1.807, 2.05) is 0 Å². The number of fused-ring (bicyclic) bond motifs is 6. The number of aryl methyl sites for hydroxylation is 14. The Morgan fingerprint density at radius 1 is 0.475 bits per heavy atom. The summed E-state index contributed by atoms with van der Waals surface area (Å²) in [7, 11) is 0. The summed E-state index contributed by atoms with van der Waals surface area (Å²) in [6, 6.07) is 13.6. The summed E-state index contributed by atoms with van der Waals surface area (Å²) in [6.07, 6.45) is 3.97. The van der Waals surface area contributed by atoms with Crippen LogP contribution in [0.2, 0.25) is 0 Å². The van der Waals surface area contributed by atoms with E-state index in [1.165, 1.54) is 55.9 Å². The highest BCUT2D eigenvalue weighted by atomic mass is 16.5. The van der Waals surface area contributed by atoms with Gasteiger partial charge in [-0.25, -0.2) is 9.97 Å². The number of hydrogen-bond acceptors (Lipinski definition) is 5. The average Bonchev–Trinajstić information content (AvgIpc) is 3.88. The van der Waals surface area contributed by atoms with Crippen LogP contribution in [0.15, 0.2) is 36.4 Å². The van der Waals surface area contributed by atoms with Crippen molar-refractivity contribution in [1.82, 2.24) is 38.3 Å². The number of benzene rings is 2. The van der Waals surface area contributed by atoms with Crippen LogP contribution in [-0.4, -0.2) is 50.5 Å². The molecule has 0 saturated heterocycles. The average molecular weight is 791 g/mol. The standard InChI is InChI=1S/C50H62N8O/c1-15-39(17-19-55-33(9)25-41-35(11)51-47-45(37(13)53-57(47)49(41)55)43-29(5)21-27(3)22-30(43)6)59-40(16-2)18-20-56-34(10)26-42-36(12)52-48-46(38(14)54-58(48)50(42)56)44-31(7)23-28(4)24-32(44)8/h21-26,39-40H,15-20H2,1-14H3. The van der Waals surface area contributed by atoms with Crippen LogP contribution < -0.4 is 0 Å². The predicted octanol–water partition coefficient (Wildman–Crippen LogP) is 11.8. The van der Waals surface area contributed by atoms with Gasteiger partial charge >= 0.3 is 0 Å². The first kappa shape index (κ1) is 40.5. The van der Waals surface area contributed by atoms with Gasteiger partial charge in [-0.05, 0) is 154 Å². The molecule has 2 aromatic carbocycles. The summed E-state index contributed by atoms with van der Waals surface area (Å²) in [5, 5.41) is 12.6. The SMILES string of the molecule is CCC(CCn1c(C)cc2c(C)nc3c(-c4c(C)cc(C)cc4C)c(C)nn3c21)OC(CC)CCn1c(C)cc2c(C)nc3c(-c4c(C)cc(C)cc4C)c(C)nn3c21. The molecule has 0 N–H and O–H groups in total. The molecule has 0 aliphatic rings. The van der Waals surface area contributed by atoms with E-state index in [0.29, 0.717) is 0 Å². The second-order valence-electron chi connectivity index (χ2n) is 17.5. The molecule has 0 radical (unpaired) electrons. The number of nitrogens with zero attached hydrogens (tertiary/aromatic N) is 8. The molecule has 9 nitrogen and oxygen atoms in total. The van der Waals surface area contributed by atoms with Gasteiger partial charge in [0.1, 0.15) is 11.3 Å². The second-order valence-corrected chi connectivity index (χ2v) is 17.5. The first-order chi connectivity index (χ1) is 28.1. The Kier molecular flexibility index (Phi) is 10.6. The van der Waals surface area contributed by atoms with Gasteiger partial charge in [-0.15, -0.1) is 0 Å². The summed E-state index contributed by atoms with van der Waals surface area (Å²) in [5.41, 5.74) is 22.9. The molecule has 8 rings (SSSR count). The molecule has 0 amide bonds. The topological polar surface area (TPSA) is 79.5 Å². The van der Waals surface area contributed by atoms with E-state index >= 15 is 0 Å². The fourth-order valence-corrected chi connectivity index (χ4v) is 10.1. The lowest BCUT2D eigenvalue weighted by atomic mass is 9.94. The number of aromatic nitrogens is 8. The van der Waals surface area contributed by atoms with Crippen molar-refractivity contribution in [3.05, 3.63) is 104 Å². The first-order valence-corrected chi connectivity index (χ1v) is 21.6. The van der Waals surface area contributed by atoms with Gasteiger partial charge in [0, 0.05) is 35.2 Å². The molecule has 59 heavy (non-hydrogen) atoms. The van der Waals surface area contributed by atoms with Gasteiger partial charge < -0.3 is 13.9 Å². The Hall–Kier alpha value is -5.28. The Balaban J connectivity index is 1.06. The lowest BCUT2D eigenvalue weighted by Gasteiger charge is -2.25. The minimum Gasteiger partial charge on any atom is -0.375 e. The molecule has 6 aromatic heterocycles. The van der Waals surface area contributed by atoms with Crippen molar-refractivity contribution < 1.29 is 4.74 Å². The molecule has 0 spiro atoms. The summed E-state index contributed by atoms with van der Waals surface area (Å²) in [5.74, 6) is 0. The van der Waals surface area contributed by atoms with Gasteiger partial charge in [-0.3, -0.25) is 0 Å². The van der Waals surface area contributed by atoms with Crippen LogP contribution >= 0.6 is 0 Å². The van der Waals surface area contributed by atoms with E-state index < -0.39 is 0 Å². The number of ether oxygens (including phenoxy) is 1. The largest absolute Gasteiger partial charge is 0.375 e. The van der Waals surface area contributed by atoms with Crippen LogP contribution in [-0.2, 0) is 17.8 Å². The maximum absolute atomic E-state index is 7.01. The van der Waals surface area contributed by atoms with Gasteiger partial charge in [0.25, 0.3) is 0 Å². The van der Waals surface area contributed by atoms with E-state index in [2.05, 4.69) is 151 Å². The fourth-order valence-electron chi connectivity index (χ4n) is 10.1. The van der Waals surface area contributed by atoms with Crippen LogP contribution in [0, 0.1) is 83.1 Å². The smallest absolute Gasteiger partial charge is 0.165 e. The molecular weight excluding hydrogens is 729 g/mol. The normalized spacial score (nSPS) is 13.3. The van der Waals surface area contributed by atoms with Crippen molar-refractivity contribution >= 4 is 33.4 Å². The quantitative estimate of drug-likeness (QED) is 0.123. The van der Waals surface area contributed by atoms with Crippen LogP contribution in [0.25, 0.3) is 55.6 Å². The monoisotopic (exact) mass is 791 g/mol. The molecule has 0 aliphatic carbocycles. The highest BCUT2D eigenvalue weighted by molar-refractivity contribution is 5.91. The number of hydrogen-bond donors (Lipinski definition) is 0. The van der Waals surface area contributed by atoms with Gasteiger partial charge in [0.2, 0.25) is 0 Å². The van der Waals surface area contributed by atoms with E-state index in [0.717, 1.165) is 106 Å². The van der Waals surface area contributed by atoms with Crippen molar-refractivity contribution in [3.63, 3.8) is 0 Å². The molecule has 6 heterocycles. The van der Waals surface area contributed by atoms with Gasteiger partial charge in [0.05, 0.1) is 46.1 Å². The molecule has 2 atom stereocenters. The number of rotatable bonds is 12. The van der Waals surface area contributed by atoms with Crippen molar-refractivity contribution in [2.24, 2.45) is 0 Å². The van der Waals surface area contributed by atoms with Gasteiger partial charge in [-0.2, -0.15) is 19.2 Å². The summed E-state index contributed by atoms with van der Waals surface area (Å²) >= 11 is 0. The molecule has 0 saturated carbocycles. The molecule has 2 unspecified atom stereocenters. The molecule has 0 aliphatic heterocycles. The molecule has 9 heteroatoms. The van der Waals surface area contributed by atoms with Crippen LogP contribution in [0.5, 0.6) is 0 Å². The second kappa shape index (κ2) is 15.4. The predicted molar refractivity (Wildman–Crippen MR) is 243 cm³/mol. The minimum atomic E-state index is 0.126. The van der Waals surface area contributed by atoms with Crippen molar-refractivity contribution in [3.8, 4) is 22.3 Å². The maximum atomic E-state index is 7.01. The Bertz CT molecular complexity index is 2690. The van der Waals surface area contributed by atoms with Crippen molar-refractivity contribution in [2.75, 3.05) is 0 Å². The molecule has 308 valence electrons. The highest BCUT2D eigenvalue weighted by Crippen LogP contribution is 2.38. The summed E-state index contributed by atoms with van der Waals surface area (Å²) < 4.78 is 16.1. The zero-order valence-corrected chi connectivity index (χ0v) is 37.8. The molecule has 0 bridgehead atoms. The van der Waals surface area contributed by atoms with E-state index in [1.54, 1.807) is 0 Å². The zero-order chi connectivity index (χ0) is 42.2. The Morgan fingerprint density at radius 2 is 0.831 bits per heavy atom. The Labute approximate surface area is 349 Å². The molecule has 8 aromatic rings. The molecule has 0 fully saturated rings. The van der Waals surface area contributed by atoms with Gasteiger partial charge in [-0.1, -0.05) is 49.2 Å². The lowest BCUT2D eigenvalue weighted by Crippen LogP contribution is -2.24. The first-order valence-electron chi connectivity index (χ1n) is 21.6. The van der Waals surface area contributed by atoms with E-state index in [4.69, 9.17) is 24.9 Å². The van der Waals surface area contributed by atoms with Gasteiger partial charge in [0.15, 0.2) is 11.3 Å². The van der Waals surface area contributed by atoms with Crippen molar-refractivity contribution in [1.29, 1.82) is 0 Å². The summed E-state index contributed by atoms with van der Waals surface area (Å²) in [4.78, 5) is 10.4. The minimum absolute atomic E-state index is 0.126. The third-order valence-corrected chi connectivity index (χ3v) is 12.9.